The number of furan rings is 1. The lowest BCUT2D eigenvalue weighted by molar-refractivity contribution is 0.103. The first kappa shape index (κ1) is 40.7. The number of para-hydroxylation sites is 4. The molecule has 0 aliphatic rings. The number of ketones is 2. The van der Waals surface area contributed by atoms with Crippen LogP contribution in [0.3, 0.4) is 0 Å². The summed E-state index contributed by atoms with van der Waals surface area (Å²) in [6, 6.07) is 84.5. The van der Waals surface area contributed by atoms with Gasteiger partial charge >= 0.3 is 0 Å². The standard InChI is InChI=1S/C62H42N2O3/c65-61(45-19-7-1-8-20-45)57-41-59-55(39-53(57)43-31-35-51(36-32-43)63(47-23-11-3-12-24-47)48-25-13-4-14-26-48)56-40-54(58(42-60(56)67-59)62(66)46-21-9-2-10-22-46)44-33-37-52(38-34-44)64(49-27-15-5-16-28-49)50-29-17-6-18-30-50/h1-42H. The van der Waals surface area contributed by atoms with Crippen LogP contribution >= 0.6 is 0 Å². The molecule has 5 heteroatoms. The molecule has 0 radical (unpaired) electrons. The zero-order valence-electron chi connectivity index (χ0n) is 36.4. The van der Waals surface area contributed by atoms with Crippen LogP contribution in [0.5, 0.6) is 0 Å². The maximum absolute atomic E-state index is 14.5. The molecule has 0 N–H and O–H groups in total. The average Bonchev–Trinajstić information content (AvgIpc) is 3.76. The molecule has 67 heavy (non-hydrogen) atoms. The van der Waals surface area contributed by atoms with Crippen LogP contribution in [0.2, 0.25) is 0 Å². The van der Waals surface area contributed by atoms with E-state index in [-0.39, 0.29) is 11.6 Å². The highest BCUT2D eigenvalue weighted by molar-refractivity contribution is 6.20. The molecule has 0 saturated heterocycles. The molecule has 0 aliphatic carbocycles. The Hall–Kier alpha value is -9.06. The van der Waals surface area contributed by atoms with E-state index in [2.05, 4.69) is 119 Å². The van der Waals surface area contributed by atoms with Crippen LogP contribution < -0.4 is 9.80 Å². The quantitative estimate of drug-likeness (QED) is 0.115. The van der Waals surface area contributed by atoms with E-state index < -0.39 is 0 Å². The van der Waals surface area contributed by atoms with Crippen LogP contribution in [-0.4, -0.2) is 11.6 Å². The number of fused-ring (bicyclic) bond motifs is 3. The molecule has 5 nitrogen and oxygen atoms in total. The topological polar surface area (TPSA) is 53.8 Å². The van der Waals surface area contributed by atoms with Crippen LogP contribution in [0.4, 0.5) is 34.1 Å². The molecule has 11 aromatic rings. The van der Waals surface area contributed by atoms with Gasteiger partial charge in [-0.3, -0.25) is 9.59 Å². The Kier molecular flexibility index (Phi) is 10.8. The van der Waals surface area contributed by atoms with E-state index >= 15 is 0 Å². The Morgan fingerprint density at radius 2 is 0.567 bits per heavy atom. The van der Waals surface area contributed by atoms with Crippen molar-refractivity contribution in [3.8, 4) is 22.3 Å². The van der Waals surface area contributed by atoms with Crippen LogP contribution in [0, 0.1) is 0 Å². The van der Waals surface area contributed by atoms with E-state index in [0.29, 0.717) is 33.4 Å². The van der Waals surface area contributed by atoms with Gasteiger partial charge in [-0.1, -0.05) is 158 Å². The summed E-state index contributed by atoms with van der Waals surface area (Å²) in [7, 11) is 0. The van der Waals surface area contributed by atoms with Crippen molar-refractivity contribution in [2.45, 2.75) is 0 Å². The number of carbonyl (C=O) groups is 2. The van der Waals surface area contributed by atoms with Gasteiger partial charge in [0.25, 0.3) is 0 Å². The minimum Gasteiger partial charge on any atom is -0.456 e. The Morgan fingerprint density at radius 1 is 0.299 bits per heavy atom. The van der Waals surface area contributed by atoms with Crippen LogP contribution in [0.15, 0.2) is 259 Å². The first-order valence-electron chi connectivity index (χ1n) is 22.3. The van der Waals surface area contributed by atoms with Gasteiger partial charge in [-0.2, -0.15) is 0 Å². The number of anilines is 6. The van der Waals surface area contributed by atoms with Gasteiger partial charge in [0.2, 0.25) is 0 Å². The van der Waals surface area contributed by atoms with Crippen molar-refractivity contribution in [2.75, 3.05) is 9.80 Å². The fraction of sp³-hybridized carbons (Fsp3) is 0. The van der Waals surface area contributed by atoms with E-state index in [0.717, 1.165) is 67.2 Å². The van der Waals surface area contributed by atoms with Crippen molar-refractivity contribution in [1.82, 2.24) is 0 Å². The Labute approximate surface area is 389 Å². The molecule has 0 unspecified atom stereocenters. The number of nitrogens with zero attached hydrogens (tertiary/aromatic N) is 2. The van der Waals surface area contributed by atoms with Gasteiger partial charge in [-0.25, -0.2) is 0 Å². The van der Waals surface area contributed by atoms with Crippen molar-refractivity contribution in [1.29, 1.82) is 0 Å². The fourth-order valence-corrected chi connectivity index (χ4v) is 8.99. The first-order valence-corrected chi connectivity index (χ1v) is 22.3. The molecule has 10 aromatic carbocycles. The van der Waals surface area contributed by atoms with Crippen molar-refractivity contribution >= 4 is 67.6 Å². The van der Waals surface area contributed by atoms with Crippen LogP contribution in [0.25, 0.3) is 44.2 Å². The number of rotatable bonds is 12. The number of hydrogen-bond acceptors (Lipinski definition) is 5. The molecule has 0 amide bonds. The molecule has 0 bridgehead atoms. The second-order valence-corrected chi connectivity index (χ2v) is 16.4. The zero-order valence-corrected chi connectivity index (χ0v) is 36.4. The van der Waals surface area contributed by atoms with Crippen molar-refractivity contribution in [3.05, 3.63) is 277 Å². The lowest BCUT2D eigenvalue weighted by atomic mass is 9.90. The summed E-state index contributed by atoms with van der Waals surface area (Å²) >= 11 is 0. The number of carbonyl (C=O) groups excluding carboxylic acids is 2. The summed E-state index contributed by atoms with van der Waals surface area (Å²) in [5.74, 6) is -0.226. The van der Waals surface area contributed by atoms with Gasteiger partial charge in [0.05, 0.1) is 0 Å². The largest absolute Gasteiger partial charge is 0.456 e. The zero-order chi connectivity index (χ0) is 45.1. The molecule has 0 saturated carbocycles. The summed E-state index contributed by atoms with van der Waals surface area (Å²) < 4.78 is 6.67. The molecule has 318 valence electrons. The lowest BCUT2D eigenvalue weighted by Crippen LogP contribution is -2.09. The highest BCUT2D eigenvalue weighted by Crippen LogP contribution is 2.42. The van der Waals surface area contributed by atoms with Gasteiger partial charge in [0, 0.05) is 67.2 Å². The van der Waals surface area contributed by atoms with E-state index in [9.17, 15) is 9.59 Å². The summed E-state index contributed by atoms with van der Waals surface area (Å²) in [6.45, 7) is 0. The minimum absolute atomic E-state index is 0.113. The maximum atomic E-state index is 14.5. The number of hydrogen-bond donors (Lipinski definition) is 0. The third-order valence-electron chi connectivity index (χ3n) is 12.2. The summed E-state index contributed by atoms with van der Waals surface area (Å²) in [5.41, 5.74) is 12.7. The maximum Gasteiger partial charge on any atom is 0.193 e. The normalized spacial score (nSPS) is 11.1. The smallest absolute Gasteiger partial charge is 0.193 e. The highest BCUT2D eigenvalue weighted by atomic mass is 16.3. The predicted molar refractivity (Wildman–Crippen MR) is 274 cm³/mol. The van der Waals surface area contributed by atoms with E-state index in [1.807, 2.05) is 146 Å². The minimum atomic E-state index is -0.113. The Bertz CT molecular complexity index is 3190. The lowest BCUT2D eigenvalue weighted by Gasteiger charge is -2.25. The van der Waals surface area contributed by atoms with Crippen molar-refractivity contribution < 1.29 is 14.0 Å². The highest BCUT2D eigenvalue weighted by Gasteiger charge is 2.24. The third-order valence-corrected chi connectivity index (χ3v) is 12.2. The summed E-state index contributed by atoms with van der Waals surface area (Å²) in [5, 5.41) is 1.68. The van der Waals surface area contributed by atoms with Crippen molar-refractivity contribution in [3.63, 3.8) is 0 Å². The first-order chi connectivity index (χ1) is 33.1. The predicted octanol–water partition coefficient (Wildman–Crippen LogP) is 16.3. The molecule has 11 rings (SSSR count). The Balaban J connectivity index is 1.07. The third kappa shape index (κ3) is 7.96. The molecular weight excluding hydrogens is 821 g/mol. The SMILES string of the molecule is O=C(c1ccccc1)c1cc2oc3cc(C(=O)c4ccccc4)c(-c4ccc(N(c5ccccc5)c5ccccc5)cc4)cc3c2cc1-c1ccc(N(c2ccccc2)c2ccccc2)cc1. The van der Waals surface area contributed by atoms with Crippen LogP contribution in [-0.2, 0) is 0 Å². The van der Waals surface area contributed by atoms with Gasteiger partial charge in [-0.05, 0) is 119 Å². The summed E-state index contributed by atoms with van der Waals surface area (Å²) in [4.78, 5) is 33.5. The molecule has 0 spiro atoms. The van der Waals surface area contributed by atoms with E-state index in [1.165, 1.54) is 0 Å². The van der Waals surface area contributed by atoms with Gasteiger partial charge in [0.1, 0.15) is 11.2 Å². The monoisotopic (exact) mass is 862 g/mol. The van der Waals surface area contributed by atoms with Gasteiger partial charge in [0.15, 0.2) is 11.6 Å². The molecule has 0 fully saturated rings. The van der Waals surface area contributed by atoms with Gasteiger partial charge in [-0.15, -0.1) is 0 Å². The molecular formula is C62H42N2O3. The molecule has 0 aliphatic heterocycles. The second kappa shape index (κ2) is 17.8. The summed E-state index contributed by atoms with van der Waals surface area (Å²) in [6.07, 6.45) is 0. The number of benzene rings is 10. The average molecular weight is 863 g/mol. The molecule has 1 aromatic heterocycles. The van der Waals surface area contributed by atoms with E-state index in [4.69, 9.17) is 4.42 Å². The Morgan fingerprint density at radius 3 is 0.866 bits per heavy atom. The van der Waals surface area contributed by atoms with Crippen LogP contribution in [0.1, 0.15) is 31.8 Å². The fourth-order valence-electron chi connectivity index (χ4n) is 8.99. The molecule has 0 atom stereocenters. The molecule has 1 heterocycles. The van der Waals surface area contributed by atoms with Gasteiger partial charge < -0.3 is 14.2 Å². The second-order valence-electron chi connectivity index (χ2n) is 16.4. The van der Waals surface area contributed by atoms with Crippen molar-refractivity contribution in [2.24, 2.45) is 0 Å². The van der Waals surface area contributed by atoms with E-state index in [1.54, 1.807) is 0 Å².